The van der Waals surface area contributed by atoms with Crippen LogP contribution in [0.4, 0.5) is 0 Å². The normalized spacial score (nSPS) is 26.2. The van der Waals surface area contributed by atoms with Gasteiger partial charge in [-0.1, -0.05) is 32.9 Å². The minimum Gasteiger partial charge on any atom is -0.460 e. The fourth-order valence-corrected chi connectivity index (χ4v) is 4.06. The van der Waals surface area contributed by atoms with Gasteiger partial charge in [0, 0.05) is 11.6 Å². The number of rotatable bonds is 4. The van der Waals surface area contributed by atoms with Crippen molar-refractivity contribution in [1.29, 1.82) is 0 Å². The van der Waals surface area contributed by atoms with Gasteiger partial charge in [0.15, 0.2) is 5.43 Å². The summed E-state index contributed by atoms with van der Waals surface area (Å²) in [5, 5.41) is 0.595. The molecule has 0 N–H and O–H groups in total. The van der Waals surface area contributed by atoms with Crippen molar-refractivity contribution in [2.45, 2.75) is 66.1 Å². The molecule has 26 heavy (non-hydrogen) atoms. The molecule has 4 heteroatoms. The van der Waals surface area contributed by atoms with E-state index in [1.54, 1.807) is 0 Å². The molecule has 3 rings (SSSR count). The van der Waals surface area contributed by atoms with Crippen LogP contribution in [0, 0.1) is 18.8 Å². The van der Waals surface area contributed by atoms with Crippen molar-refractivity contribution in [3.05, 3.63) is 45.3 Å². The Bertz CT molecular complexity index is 880. The topological polar surface area (TPSA) is 56.5 Å². The molecular formula is C22H28O4. The molecule has 4 atom stereocenters. The second-order valence-corrected chi connectivity index (χ2v) is 7.78. The van der Waals surface area contributed by atoms with Gasteiger partial charge in [-0.3, -0.25) is 9.59 Å². The fourth-order valence-electron chi connectivity index (χ4n) is 4.06. The molecule has 0 bridgehead atoms. The monoisotopic (exact) mass is 356 g/mol. The molecule has 0 spiro atoms. The van der Waals surface area contributed by atoms with E-state index in [9.17, 15) is 9.59 Å². The number of hydrogen-bond donors (Lipinski definition) is 0. The molecule has 4 nitrogen and oxygen atoms in total. The molecule has 140 valence electrons. The third-order valence-electron chi connectivity index (χ3n) is 5.75. The van der Waals surface area contributed by atoms with Crippen LogP contribution in [0.15, 0.2) is 27.4 Å². The van der Waals surface area contributed by atoms with Crippen molar-refractivity contribution in [1.82, 2.24) is 0 Å². The number of ketones is 1. The maximum absolute atomic E-state index is 12.7. The van der Waals surface area contributed by atoms with Gasteiger partial charge >= 0.3 is 0 Å². The summed E-state index contributed by atoms with van der Waals surface area (Å²) in [6, 6.07) is 5.42. The van der Waals surface area contributed by atoms with Gasteiger partial charge in [0.05, 0.1) is 24.0 Å². The van der Waals surface area contributed by atoms with Crippen molar-refractivity contribution < 1.29 is 13.9 Å². The van der Waals surface area contributed by atoms with Crippen molar-refractivity contribution in [2.75, 3.05) is 0 Å². The van der Waals surface area contributed by atoms with Crippen molar-refractivity contribution in [3.63, 3.8) is 0 Å². The average Bonchev–Trinajstić information content (AvgIpc) is 2.56. The number of carbonyl (C=O) groups is 1. The Labute approximate surface area is 154 Å². The van der Waals surface area contributed by atoms with Crippen LogP contribution in [0.2, 0.25) is 0 Å². The molecule has 1 aromatic heterocycles. The molecule has 1 aliphatic rings. The van der Waals surface area contributed by atoms with Crippen LogP contribution in [0.3, 0.4) is 0 Å². The van der Waals surface area contributed by atoms with E-state index in [-0.39, 0.29) is 29.8 Å². The molecule has 2 aromatic rings. The minimum atomic E-state index is -0.0926. The Morgan fingerprint density at radius 3 is 2.65 bits per heavy atom. The molecule has 0 amide bonds. The summed E-state index contributed by atoms with van der Waals surface area (Å²) in [7, 11) is 0. The summed E-state index contributed by atoms with van der Waals surface area (Å²) < 4.78 is 12.4. The first-order valence-corrected chi connectivity index (χ1v) is 9.52. The summed E-state index contributed by atoms with van der Waals surface area (Å²) in [6.45, 7) is 10.1. The van der Waals surface area contributed by atoms with Crippen molar-refractivity contribution in [2.24, 2.45) is 11.8 Å². The first-order valence-electron chi connectivity index (χ1n) is 9.52. The van der Waals surface area contributed by atoms with Crippen LogP contribution >= 0.6 is 0 Å². The lowest BCUT2D eigenvalue weighted by Gasteiger charge is -2.39. The molecule has 0 aliphatic carbocycles. The highest BCUT2D eigenvalue weighted by atomic mass is 16.5. The van der Waals surface area contributed by atoms with Crippen LogP contribution in [0.5, 0.6) is 0 Å². The van der Waals surface area contributed by atoms with Crippen LogP contribution in [-0.4, -0.2) is 11.9 Å². The fraction of sp³-hybridized carbons (Fsp3) is 0.545. The zero-order valence-corrected chi connectivity index (χ0v) is 16.3. The Morgan fingerprint density at radius 2 is 2.00 bits per heavy atom. The van der Waals surface area contributed by atoms with E-state index in [0.29, 0.717) is 28.6 Å². The maximum Gasteiger partial charge on any atom is 0.193 e. The smallest absolute Gasteiger partial charge is 0.193 e. The number of Topliss-reactive ketones (excluding diaryl/α,β-unsaturated/α-hetero) is 1. The number of ether oxygens (including phenoxy) is 1. The van der Waals surface area contributed by atoms with Gasteiger partial charge in [0.1, 0.15) is 17.1 Å². The average molecular weight is 356 g/mol. The summed E-state index contributed by atoms with van der Waals surface area (Å²) in [5.41, 5.74) is 2.29. The lowest BCUT2D eigenvalue weighted by atomic mass is 9.81. The SMILES string of the molecule is CCC1OC(c2ccc(C)c3c(=O)cc(CC(C)=O)oc23)CC(C)C1C. The Morgan fingerprint density at radius 1 is 1.27 bits per heavy atom. The number of fused-ring (bicyclic) bond motifs is 1. The standard InChI is InChI=1S/C22H28O4/c1-6-19-15(5)13(3)9-20(26-19)17-8-7-12(2)21-18(24)11-16(10-14(4)23)25-22(17)21/h7-8,11,13,15,19-20H,6,9-10H2,1-5H3. The Balaban J connectivity index is 2.13. The molecule has 0 saturated carbocycles. The van der Waals surface area contributed by atoms with Gasteiger partial charge in [-0.2, -0.15) is 0 Å². The summed E-state index contributed by atoms with van der Waals surface area (Å²) in [5.74, 6) is 1.44. The molecule has 0 radical (unpaired) electrons. The maximum atomic E-state index is 12.7. The Kier molecular flexibility index (Phi) is 5.33. The molecular weight excluding hydrogens is 328 g/mol. The lowest BCUT2D eigenvalue weighted by molar-refractivity contribution is -0.116. The van der Waals surface area contributed by atoms with E-state index < -0.39 is 0 Å². The van der Waals surface area contributed by atoms with Crippen LogP contribution in [-0.2, 0) is 16.0 Å². The molecule has 1 fully saturated rings. The summed E-state index contributed by atoms with van der Waals surface area (Å²) in [4.78, 5) is 24.1. The van der Waals surface area contributed by atoms with E-state index in [4.69, 9.17) is 9.15 Å². The predicted octanol–water partition coefficient (Wildman–Crippen LogP) is 4.75. The van der Waals surface area contributed by atoms with Crippen molar-refractivity contribution in [3.8, 4) is 0 Å². The number of carbonyl (C=O) groups excluding carboxylic acids is 1. The number of benzene rings is 1. The molecule has 1 aromatic carbocycles. The van der Waals surface area contributed by atoms with E-state index in [2.05, 4.69) is 20.8 Å². The van der Waals surface area contributed by atoms with Gasteiger partial charge < -0.3 is 9.15 Å². The predicted molar refractivity (Wildman–Crippen MR) is 102 cm³/mol. The van der Waals surface area contributed by atoms with E-state index >= 15 is 0 Å². The third kappa shape index (κ3) is 3.48. The van der Waals surface area contributed by atoms with Crippen LogP contribution in [0.1, 0.15) is 63.5 Å². The highest BCUT2D eigenvalue weighted by Crippen LogP contribution is 2.41. The molecule has 1 aliphatic heterocycles. The first kappa shape index (κ1) is 18.8. The number of aryl methyl sites for hydroxylation is 1. The molecule has 4 unspecified atom stereocenters. The largest absolute Gasteiger partial charge is 0.460 e. The molecule has 2 heterocycles. The highest BCUT2D eigenvalue weighted by molar-refractivity contribution is 5.84. The van der Waals surface area contributed by atoms with Gasteiger partial charge in [0.25, 0.3) is 0 Å². The summed E-state index contributed by atoms with van der Waals surface area (Å²) >= 11 is 0. The van der Waals surface area contributed by atoms with E-state index in [0.717, 1.165) is 24.0 Å². The second-order valence-electron chi connectivity index (χ2n) is 7.78. The second kappa shape index (κ2) is 7.36. The Hall–Kier alpha value is -1.94. The minimum absolute atomic E-state index is 0.0240. The number of hydrogen-bond acceptors (Lipinski definition) is 4. The van der Waals surface area contributed by atoms with E-state index in [1.165, 1.54) is 13.0 Å². The quantitative estimate of drug-likeness (QED) is 0.793. The van der Waals surface area contributed by atoms with Gasteiger partial charge in [-0.15, -0.1) is 0 Å². The van der Waals surface area contributed by atoms with Gasteiger partial charge in [0.2, 0.25) is 0 Å². The third-order valence-corrected chi connectivity index (χ3v) is 5.75. The first-order chi connectivity index (χ1) is 12.3. The van der Waals surface area contributed by atoms with Crippen molar-refractivity contribution >= 4 is 16.8 Å². The zero-order chi connectivity index (χ0) is 19.0. The van der Waals surface area contributed by atoms with Gasteiger partial charge in [-0.05, 0) is 44.1 Å². The summed E-state index contributed by atoms with van der Waals surface area (Å²) in [6.07, 6.45) is 2.11. The van der Waals surface area contributed by atoms with Crippen LogP contribution < -0.4 is 5.43 Å². The van der Waals surface area contributed by atoms with Gasteiger partial charge in [-0.25, -0.2) is 0 Å². The molecule has 1 saturated heterocycles. The lowest BCUT2D eigenvalue weighted by Crippen LogP contribution is -2.34. The zero-order valence-electron chi connectivity index (χ0n) is 16.3. The van der Waals surface area contributed by atoms with Crippen LogP contribution in [0.25, 0.3) is 11.0 Å². The highest BCUT2D eigenvalue weighted by Gasteiger charge is 2.34. The van der Waals surface area contributed by atoms with E-state index in [1.807, 2.05) is 19.1 Å².